The van der Waals surface area contributed by atoms with Gasteiger partial charge >= 0.3 is 5.97 Å². The summed E-state index contributed by atoms with van der Waals surface area (Å²) in [4.78, 5) is 12.1. The Morgan fingerprint density at radius 1 is 0.438 bits per heavy atom. The molecule has 0 unspecified atom stereocenters. The summed E-state index contributed by atoms with van der Waals surface area (Å²) in [5.41, 5.74) is 1.52. The van der Waals surface area contributed by atoms with E-state index in [4.69, 9.17) is 42.6 Å². The number of esters is 1. The highest BCUT2D eigenvalue weighted by atomic mass is 16.6. The van der Waals surface area contributed by atoms with Crippen LogP contribution < -0.4 is 5.32 Å². The van der Waals surface area contributed by atoms with Crippen LogP contribution in [0.25, 0.3) is 0 Å². The second-order valence-electron chi connectivity index (χ2n) is 11.4. The number of benzene rings is 1. The molecule has 1 N–H and O–H groups in total. The fraction of sp³-hybridized carbons (Fsp3) is 0.811. The predicted octanol–water partition coefficient (Wildman–Crippen LogP) is 6.33. The van der Waals surface area contributed by atoms with Crippen molar-refractivity contribution < 1.29 is 47.4 Å². The van der Waals surface area contributed by atoms with Gasteiger partial charge in [0.25, 0.3) is 0 Å². The Labute approximate surface area is 290 Å². The van der Waals surface area contributed by atoms with Crippen LogP contribution in [-0.2, 0) is 42.6 Å². The van der Waals surface area contributed by atoms with Gasteiger partial charge < -0.3 is 47.9 Å². The SMILES string of the molecule is CCCCCCCCCCOCCOCCOCCOCCOCCOCCOCCOCCOC(=O)c1ccc(NCCCC)cc1. The van der Waals surface area contributed by atoms with Crippen molar-refractivity contribution in [1.29, 1.82) is 0 Å². The number of rotatable bonds is 38. The molecule has 0 heterocycles. The Bertz CT molecular complexity index is 799. The van der Waals surface area contributed by atoms with E-state index in [2.05, 4.69) is 19.2 Å². The molecule has 0 aliphatic carbocycles. The van der Waals surface area contributed by atoms with E-state index >= 15 is 0 Å². The maximum Gasteiger partial charge on any atom is 0.338 e. The summed E-state index contributed by atoms with van der Waals surface area (Å²) in [5, 5.41) is 3.32. The number of nitrogens with one attached hydrogen (secondary N) is 1. The van der Waals surface area contributed by atoms with Crippen LogP contribution in [0.5, 0.6) is 0 Å². The van der Waals surface area contributed by atoms with Gasteiger partial charge in [-0.15, -0.1) is 0 Å². The van der Waals surface area contributed by atoms with Gasteiger partial charge in [-0.25, -0.2) is 4.79 Å². The fourth-order valence-corrected chi connectivity index (χ4v) is 4.39. The van der Waals surface area contributed by atoms with Crippen LogP contribution in [0, 0.1) is 0 Å². The highest BCUT2D eigenvalue weighted by Gasteiger charge is 2.07. The van der Waals surface area contributed by atoms with Crippen molar-refractivity contribution in [3.8, 4) is 0 Å². The molecule has 0 atom stereocenters. The first-order chi connectivity index (χ1) is 23.8. The smallest absolute Gasteiger partial charge is 0.338 e. The lowest BCUT2D eigenvalue weighted by molar-refractivity contribution is -0.0244. The van der Waals surface area contributed by atoms with Crippen molar-refractivity contribution in [2.45, 2.75) is 78.1 Å². The van der Waals surface area contributed by atoms with Gasteiger partial charge in [0, 0.05) is 18.8 Å². The molecule has 0 saturated carbocycles. The molecule has 48 heavy (non-hydrogen) atoms. The van der Waals surface area contributed by atoms with E-state index in [1.165, 1.54) is 44.9 Å². The van der Waals surface area contributed by atoms with Crippen molar-refractivity contribution >= 4 is 11.7 Å². The molecule has 280 valence electrons. The zero-order valence-corrected chi connectivity index (χ0v) is 30.2. The molecular weight excluding hydrogens is 618 g/mol. The molecule has 0 amide bonds. The molecule has 11 nitrogen and oxygen atoms in total. The molecule has 1 aromatic rings. The number of carbonyl (C=O) groups is 1. The summed E-state index contributed by atoms with van der Waals surface area (Å²) in [6.07, 6.45) is 12.8. The summed E-state index contributed by atoms with van der Waals surface area (Å²) in [7, 11) is 0. The predicted molar refractivity (Wildman–Crippen MR) is 189 cm³/mol. The van der Waals surface area contributed by atoms with Gasteiger partial charge in [-0.3, -0.25) is 0 Å². The minimum absolute atomic E-state index is 0.197. The third-order valence-electron chi connectivity index (χ3n) is 7.19. The minimum atomic E-state index is -0.355. The van der Waals surface area contributed by atoms with Crippen LogP contribution in [0.3, 0.4) is 0 Å². The molecule has 0 aliphatic rings. The molecule has 0 aliphatic heterocycles. The van der Waals surface area contributed by atoms with Crippen LogP contribution >= 0.6 is 0 Å². The van der Waals surface area contributed by atoms with Gasteiger partial charge in [-0.1, -0.05) is 65.2 Å². The third-order valence-corrected chi connectivity index (χ3v) is 7.19. The first-order valence-electron chi connectivity index (χ1n) is 18.4. The highest BCUT2D eigenvalue weighted by Crippen LogP contribution is 2.11. The first kappa shape index (κ1) is 44.2. The van der Waals surface area contributed by atoms with Crippen molar-refractivity contribution in [1.82, 2.24) is 0 Å². The molecule has 0 aromatic heterocycles. The monoisotopic (exact) mass is 685 g/mol. The summed E-state index contributed by atoms with van der Waals surface area (Å²) < 4.78 is 49.4. The molecular formula is C37H67NO10. The van der Waals surface area contributed by atoms with Gasteiger partial charge in [0.15, 0.2) is 0 Å². The topological polar surface area (TPSA) is 112 Å². The maximum absolute atomic E-state index is 12.1. The van der Waals surface area contributed by atoms with Crippen molar-refractivity contribution in [2.24, 2.45) is 0 Å². The number of unbranched alkanes of at least 4 members (excludes halogenated alkanes) is 8. The Morgan fingerprint density at radius 2 is 0.792 bits per heavy atom. The lowest BCUT2D eigenvalue weighted by atomic mass is 10.1. The number of carbonyl (C=O) groups excluding carboxylic acids is 1. The number of hydrogen-bond acceptors (Lipinski definition) is 11. The quantitative estimate of drug-likeness (QED) is 0.0623. The van der Waals surface area contributed by atoms with Crippen LogP contribution in [-0.4, -0.2) is 125 Å². The van der Waals surface area contributed by atoms with Gasteiger partial charge in [0.1, 0.15) is 6.61 Å². The summed E-state index contributed by atoms with van der Waals surface area (Å²) in [6, 6.07) is 7.31. The zero-order valence-electron chi connectivity index (χ0n) is 30.2. The number of ether oxygens (including phenoxy) is 9. The zero-order chi connectivity index (χ0) is 34.4. The number of hydrogen-bond donors (Lipinski definition) is 1. The highest BCUT2D eigenvalue weighted by molar-refractivity contribution is 5.89. The maximum atomic E-state index is 12.1. The molecule has 0 saturated heterocycles. The van der Waals surface area contributed by atoms with E-state index in [1.54, 1.807) is 12.1 Å². The van der Waals surface area contributed by atoms with E-state index in [0.717, 1.165) is 38.1 Å². The number of anilines is 1. The van der Waals surface area contributed by atoms with E-state index in [9.17, 15) is 4.79 Å². The molecule has 11 heteroatoms. The van der Waals surface area contributed by atoms with Gasteiger partial charge in [0.2, 0.25) is 0 Å². The average Bonchev–Trinajstić information content (AvgIpc) is 3.10. The summed E-state index contributed by atoms with van der Waals surface area (Å²) in [6.45, 7) is 14.0. The second-order valence-corrected chi connectivity index (χ2v) is 11.4. The lowest BCUT2D eigenvalue weighted by Crippen LogP contribution is -2.15. The molecule has 0 spiro atoms. The lowest BCUT2D eigenvalue weighted by Gasteiger charge is -2.09. The molecule has 0 fully saturated rings. The van der Waals surface area contributed by atoms with Crippen LogP contribution in [0.4, 0.5) is 5.69 Å². The van der Waals surface area contributed by atoms with E-state index in [0.29, 0.717) is 105 Å². The molecule has 0 radical (unpaired) electrons. The second kappa shape index (κ2) is 36.5. The molecule has 0 bridgehead atoms. The van der Waals surface area contributed by atoms with Gasteiger partial charge in [-0.05, 0) is 37.1 Å². The average molecular weight is 686 g/mol. The Morgan fingerprint density at radius 3 is 1.21 bits per heavy atom. The van der Waals surface area contributed by atoms with E-state index < -0.39 is 0 Å². The van der Waals surface area contributed by atoms with Crippen molar-refractivity contribution in [3.63, 3.8) is 0 Å². The summed E-state index contributed by atoms with van der Waals surface area (Å²) >= 11 is 0. The van der Waals surface area contributed by atoms with Crippen LogP contribution in [0.1, 0.15) is 88.4 Å². The largest absolute Gasteiger partial charge is 0.460 e. The standard InChI is InChI=1S/C37H67NO10/c1-3-5-7-8-9-10-11-12-18-40-19-20-41-21-22-42-23-24-43-25-26-44-27-28-45-29-30-46-31-32-47-33-34-48-37(39)35-13-15-36(16-14-35)38-17-6-4-2/h13-16,38H,3-12,17-34H2,1-2H3. The first-order valence-corrected chi connectivity index (χ1v) is 18.4. The normalized spacial score (nSPS) is 11.3. The van der Waals surface area contributed by atoms with Crippen molar-refractivity contribution in [3.05, 3.63) is 29.8 Å². The minimum Gasteiger partial charge on any atom is -0.460 e. The van der Waals surface area contributed by atoms with Crippen molar-refractivity contribution in [2.75, 3.05) is 124 Å². The van der Waals surface area contributed by atoms with Crippen LogP contribution in [0.15, 0.2) is 24.3 Å². The van der Waals surface area contributed by atoms with E-state index in [1.807, 2.05) is 12.1 Å². The van der Waals surface area contributed by atoms with E-state index in [-0.39, 0.29) is 12.6 Å². The Hall–Kier alpha value is -1.83. The summed E-state index contributed by atoms with van der Waals surface area (Å²) in [5.74, 6) is -0.355. The molecule has 1 rings (SSSR count). The molecule has 1 aromatic carbocycles. The Kier molecular flexibility index (Phi) is 33.6. The van der Waals surface area contributed by atoms with Crippen LogP contribution in [0.2, 0.25) is 0 Å². The Balaban J connectivity index is 1.70. The fourth-order valence-electron chi connectivity index (χ4n) is 4.39. The van der Waals surface area contributed by atoms with Gasteiger partial charge in [0.05, 0.1) is 105 Å². The third kappa shape index (κ3) is 30.2. The van der Waals surface area contributed by atoms with Gasteiger partial charge in [-0.2, -0.15) is 0 Å².